The molecule has 1 aliphatic carbocycles. The first-order valence-corrected chi connectivity index (χ1v) is 12.0. The number of carbonyl (C=O) groups excluding carboxylic acids is 2. The Morgan fingerprint density at radius 3 is 2.79 bits per heavy atom. The summed E-state index contributed by atoms with van der Waals surface area (Å²) in [7, 11) is 0. The fourth-order valence-corrected chi connectivity index (χ4v) is 7.84. The van der Waals surface area contributed by atoms with Crippen molar-refractivity contribution in [3.05, 3.63) is 29.3 Å². The Morgan fingerprint density at radius 1 is 1.21 bits per heavy atom. The van der Waals surface area contributed by atoms with Gasteiger partial charge in [-0.05, 0) is 57.4 Å². The van der Waals surface area contributed by atoms with E-state index in [-0.39, 0.29) is 24.2 Å². The molecule has 0 aromatic heterocycles. The molecule has 4 atom stereocenters. The van der Waals surface area contributed by atoms with Gasteiger partial charge in [0, 0.05) is 35.4 Å². The van der Waals surface area contributed by atoms with E-state index < -0.39 is 27.7 Å². The molecule has 7 heteroatoms. The minimum Gasteiger partial charge on any atom is -0.483 e. The molecule has 2 bridgehead atoms. The number of nitrogens with zero attached hydrogens (tertiary/aromatic N) is 2. The van der Waals surface area contributed by atoms with E-state index in [1.165, 1.54) is 0 Å². The average Bonchev–Trinajstić information content (AvgIpc) is 3.29. The second kappa shape index (κ2) is 5.35. The summed E-state index contributed by atoms with van der Waals surface area (Å²) in [6, 6.07) is 3.77. The zero-order chi connectivity index (χ0) is 23.2. The summed E-state index contributed by atoms with van der Waals surface area (Å²) in [6.45, 7) is 8.77. The molecule has 2 amide bonds. The molecular weight excluding hydrogens is 418 g/mol. The van der Waals surface area contributed by atoms with Gasteiger partial charge >= 0.3 is 0 Å². The number of carbonyl (C=O) groups is 2. The average molecular weight is 448 g/mol. The normalized spacial score (nSPS) is 40.2. The van der Waals surface area contributed by atoms with Crippen molar-refractivity contribution in [2.45, 2.75) is 75.7 Å². The number of rotatable bonds is 0. The van der Waals surface area contributed by atoms with E-state index in [1.54, 1.807) is 0 Å². The first kappa shape index (κ1) is 19.8. The van der Waals surface area contributed by atoms with Crippen LogP contribution >= 0.6 is 0 Å². The van der Waals surface area contributed by atoms with Crippen molar-refractivity contribution in [2.24, 2.45) is 16.3 Å². The first-order valence-electron chi connectivity index (χ1n) is 12.0. The Morgan fingerprint density at radius 2 is 2.00 bits per heavy atom. The number of aliphatic hydroxyl groups is 1. The largest absolute Gasteiger partial charge is 0.483 e. The summed E-state index contributed by atoms with van der Waals surface area (Å²) in [6.07, 6.45) is 6.31. The van der Waals surface area contributed by atoms with Crippen molar-refractivity contribution >= 4 is 29.3 Å². The molecule has 1 aromatic carbocycles. The lowest BCUT2D eigenvalue weighted by atomic mass is 9.47. The van der Waals surface area contributed by atoms with Gasteiger partial charge in [-0.1, -0.05) is 13.8 Å². The van der Waals surface area contributed by atoms with Crippen LogP contribution in [0.15, 0.2) is 23.2 Å². The second-order valence-electron chi connectivity index (χ2n) is 11.9. The second-order valence-corrected chi connectivity index (χ2v) is 11.9. The summed E-state index contributed by atoms with van der Waals surface area (Å²) in [4.78, 5) is 34.1. The molecule has 0 unspecified atom stereocenters. The van der Waals surface area contributed by atoms with Gasteiger partial charge in [0.25, 0.3) is 0 Å². The van der Waals surface area contributed by atoms with E-state index in [4.69, 9.17) is 9.73 Å². The van der Waals surface area contributed by atoms with Gasteiger partial charge in [-0.2, -0.15) is 0 Å². The number of benzene rings is 1. The topological polar surface area (TPSA) is 91.2 Å². The third kappa shape index (κ3) is 2.01. The molecule has 0 radical (unpaired) electrons. The van der Waals surface area contributed by atoms with Crippen molar-refractivity contribution in [2.75, 3.05) is 6.54 Å². The van der Waals surface area contributed by atoms with Crippen LogP contribution in [0.4, 0.5) is 5.69 Å². The lowest BCUT2D eigenvalue weighted by Crippen LogP contribution is -2.86. The Bertz CT molecular complexity index is 1250. The molecule has 7 aliphatic rings. The Balaban J connectivity index is 1.44. The van der Waals surface area contributed by atoms with E-state index in [9.17, 15) is 14.7 Å². The zero-order valence-corrected chi connectivity index (χ0v) is 19.5. The fraction of sp³-hybridized carbons (Fsp3) is 0.577. The lowest BCUT2D eigenvalue weighted by molar-refractivity contribution is -0.186. The van der Waals surface area contributed by atoms with Gasteiger partial charge in [0.1, 0.15) is 28.0 Å². The molecule has 8 rings (SSSR count). The zero-order valence-electron chi connectivity index (χ0n) is 19.5. The van der Waals surface area contributed by atoms with E-state index in [0.717, 1.165) is 17.7 Å². The van der Waals surface area contributed by atoms with Gasteiger partial charge in [-0.15, -0.1) is 0 Å². The van der Waals surface area contributed by atoms with Crippen molar-refractivity contribution in [3.8, 4) is 5.75 Å². The highest BCUT2D eigenvalue weighted by molar-refractivity contribution is 6.12. The van der Waals surface area contributed by atoms with Gasteiger partial charge < -0.3 is 20.1 Å². The SMILES string of the molecule is CC1(C)C=Cc2c(ccc3c2N=C2C(C)(C)[C@@H]4C[C@]56CCCN5C(=O)[C@@]4(C[C@]23O)NC6=O)O1. The van der Waals surface area contributed by atoms with Crippen molar-refractivity contribution in [1.82, 2.24) is 10.2 Å². The van der Waals surface area contributed by atoms with Crippen molar-refractivity contribution in [1.29, 1.82) is 0 Å². The minimum atomic E-state index is -1.43. The van der Waals surface area contributed by atoms with Crippen LogP contribution in [0.25, 0.3) is 6.08 Å². The molecule has 33 heavy (non-hydrogen) atoms. The summed E-state index contributed by atoms with van der Waals surface area (Å²) < 4.78 is 6.15. The van der Waals surface area contributed by atoms with Crippen molar-refractivity contribution < 1.29 is 19.4 Å². The molecule has 2 N–H and O–H groups in total. The number of hydrogen-bond donors (Lipinski definition) is 2. The third-order valence-corrected chi connectivity index (χ3v) is 9.29. The van der Waals surface area contributed by atoms with Crippen LogP contribution in [0.1, 0.15) is 64.5 Å². The standard InChI is InChI=1S/C26H29N3O4/c1-22(2)10-8-14-16(33-22)7-6-15-18(14)27-19-23(3,4)17-12-24-9-5-11-29(24)21(31)25(17,28-20(24)30)13-26(15,19)32/h6-8,10,17,32H,5,9,11-13H2,1-4H3,(H,28,30)/t17-,24-,25-,26+/m0/s1. The van der Waals surface area contributed by atoms with E-state index in [2.05, 4.69) is 19.2 Å². The van der Waals surface area contributed by atoms with Crippen LogP contribution in [0.2, 0.25) is 0 Å². The van der Waals surface area contributed by atoms with Gasteiger partial charge in [-0.25, -0.2) is 0 Å². The maximum atomic E-state index is 13.9. The van der Waals surface area contributed by atoms with Gasteiger partial charge in [0.15, 0.2) is 0 Å². The summed E-state index contributed by atoms with van der Waals surface area (Å²) in [5, 5.41) is 15.4. The minimum absolute atomic E-state index is 0.0345. The van der Waals surface area contributed by atoms with Crippen LogP contribution in [0, 0.1) is 11.3 Å². The highest BCUT2D eigenvalue weighted by atomic mass is 16.5. The summed E-state index contributed by atoms with van der Waals surface area (Å²) >= 11 is 0. The molecule has 6 aliphatic heterocycles. The molecule has 1 saturated carbocycles. The number of amides is 2. The van der Waals surface area contributed by atoms with Crippen LogP contribution < -0.4 is 10.1 Å². The molecule has 6 heterocycles. The smallest absolute Gasteiger partial charge is 0.249 e. The highest BCUT2D eigenvalue weighted by Crippen LogP contribution is 2.64. The summed E-state index contributed by atoms with van der Waals surface area (Å²) in [5.41, 5.74) is -1.32. The monoisotopic (exact) mass is 447 g/mol. The van der Waals surface area contributed by atoms with E-state index >= 15 is 0 Å². The highest BCUT2D eigenvalue weighted by Gasteiger charge is 2.76. The molecule has 2 spiro atoms. The Hall–Kier alpha value is -2.67. The summed E-state index contributed by atoms with van der Waals surface area (Å²) in [5.74, 6) is 0.524. The van der Waals surface area contributed by atoms with Crippen molar-refractivity contribution in [3.63, 3.8) is 0 Å². The number of nitrogens with one attached hydrogen (secondary N) is 1. The molecule has 172 valence electrons. The molecular formula is C26H29N3O4. The predicted molar refractivity (Wildman–Crippen MR) is 122 cm³/mol. The lowest BCUT2D eigenvalue weighted by Gasteiger charge is -2.66. The Kier molecular flexibility index (Phi) is 3.21. The maximum absolute atomic E-state index is 13.9. The van der Waals surface area contributed by atoms with Crippen LogP contribution in [-0.2, 0) is 15.2 Å². The molecule has 5 fully saturated rings. The quantitative estimate of drug-likeness (QED) is 0.640. The number of aliphatic imine (C=N–C) groups is 1. The van der Waals surface area contributed by atoms with Gasteiger partial charge in [0.05, 0.1) is 11.4 Å². The van der Waals surface area contributed by atoms with Crippen LogP contribution in [0.5, 0.6) is 5.75 Å². The molecule has 7 nitrogen and oxygen atoms in total. The van der Waals surface area contributed by atoms with E-state index in [1.807, 2.05) is 43.0 Å². The number of ether oxygens (including phenoxy) is 1. The molecule has 4 saturated heterocycles. The van der Waals surface area contributed by atoms with Crippen LogP contribution in [0.3, 0.4) is 0 Å². The Labute approximate surface area is 192 Å². The number of piperazine rings is 1. The number of fused-ring (bicyclic) bond motifs is 6. The maximum Gasteiger partial charge on any atom is 0.249 e. The first-order chi connectivity index (χ1) is 15.4. The van der Waals surface area contributed by atoms with Gasteiger partial charge in [0.2, 0.25) is 11.8 Å². The van der Waals surface area contributed by atoms with E-state index in [0.29, 0.717) is 36.3 Å². The number of piperidine rings is 2. The third-order valence-electron chi connectivity index (χ3n) is 9.29. The van der Waals surface area contributed by atoms with Crippen LogP contribution in [-0.4, -0.2) is 50.8 Å². The fourth-order valence-electron chi connectivity index (χ4n) is 7.84. The molecule has 1 aromatic rings. The van der Waals surface area contributed by atoms with Gasteiger partial charge in [-0.3, -0.25) is 14.6 Å². The number of hydrogen-bond acceptors (Lipinski definition) is 5. The predicted octanol–water partition coefficient (Wildman–Crippen LogP) is 2.82.